The molecule has 62 valence electrons. The average molecular weight is 147 g/mol. The zero-order chi connectivity index (χ0) is 8.15. The standard InChI is InChI=1S/C6H17N3O/c1-5(7)6(10-4)9(3)8-2/h5-6,8H,7H2,1-4H3/t5-,6?/m0/s1. The molecule has 1 unspecified atom stereocenters. The average Bonchev–Trinajstić information content (AvgIpc) is 1.88. The highest BCUT2D eigenvalue weighted by Gasteiger charge is 2.15. The monoisotopic (exact) mass is 147 g/mol. The summed E-state index contributed by atoms with van der Waals surface area (Å²) in [6, 6.07) is 0.00227. The van der Waals surface area contributed by atoms with Gasteiger partial charge in [0.15, 0.2) is 0 Å². The minimum atomic E-state index is -0.0648. The largest absolute Gasteiger partial charge is 0.363 e. The highest BCUT2D eigenvalue weighted by molar-refractivity contribution is 4.63. The van der Waals surface area contributed by atoms with Gasteiger partial charge in [0.2, 0.25) is 0 Å². The highest BCUT2D eigenvalue weighted by Crippen LogP contribution is 1.96. The van der Waals surface area contributed by atoms with Crippen LogP contribution < -0.4 is 11.2 Å². The Hall–Kier alpha value is -0.160. The van der Waals surface area contributed by atoms with E-state index in [2.05, 4.69) is 5.43 Å². The topological polar surface area (TPSA) is 50.5 Å². The number of hydrazine groups is 1. The minimum absolute atomic E-state index is 0.00227. The van der Waals surface area contributed by atoms with Crippen LogP contribution in [0, 0.1) is 0 Å². The fourth-order valence-corrected chi connectivity index (χ4v) is 0.853. The number of nitrogens with one attached hydrogen (secondary N) is 1. The summed E-state index contributed by atoms with van der Waals surface area (Å²) >= 11 is 0. The Morgan fingerprint density at radius 1 is 1.60 bits per heavy atom. The Kier molecular flexibility index (Phi) is 4.55. The molecular weight excluding hydrogens is 130 g/mol. The summed E-state index contributed by atoms with van der Waals surface area (Å²) < 4.78 is 5.10. The van der Waals surface area contributed by atoms with E-state index in [0.717, 1.165) is 0 Å². The van der Waals surface area contributed by atoms with Crippen molar-refractivity contribution in [2.45, 2.75) is 19.2 Å². The van der Waals surface area contributed by atoms with Crippen molar-refractivity contribution in [3.05, 3.63) is 0 Å². The second-order valence-electron chi connectivity index (χ2n) is 2.32. The molecule has 0 saturated heterocycles. The molecule has 4 nitrogen and oxygen atoms in total. The van der Waals surface area contributed by atoms with Gasteiger partial charge in [-0.15, -0.1) is 0 Å². The van der Waals surface area contributed by atoms with Crippen molar-refractivity contribution >= 4 is 0 Å². The number of hydrogen-bond donors (Lipinski definition) is 2. The first-order chi connectivity index (χ1) is 4.63. The molecular formula is C6H17N3O. The van der Waals surface area contributed by atoms with E-state index in [1.54, 1.807) is 7.11 Å². The maximum Gasteiger partial charge on any atom is 0.137 e. The SMILES string of the molecule is CNN(C)C(OC)[C@H](C)N. The van der Waals surface area contributed by atoms with Crippen molar-refractivity contribution in [2.24, 2.45) is 5.73 Å². The van der Waals surface area contributed by atoms with Crippen LogP contribution in [0.3, 0.4) is 0 Å². The van der Waals surface area contributed by atoms with Crippen molar-refractivity contribution in [3.8, 4) is 0 Å². The first kappa shape index (κ1) is 9.84. The summed E-state index contributed by atoms with van der Waals surface area (Å²) in [5.41, 5.74) is 8.54. The summed E-state index contributed by atoms with van der Waals surface area (Å²) in [5.74, 6) is 0. The van der Waals surface area contributed by atoms with E-state index in [0.29, 0.717) is 0 Å². The van der Waals surface area contributed by atoms with Crippen molar-refractivity contribution in [1.29, 1.82) is 0 Å². The molecule has 3 N–H and O–H groups in total. The molecule has 0 rings (SSSR count). The Morgan fingerprint density at radius 3 is 2.20 bits per heavy atom. The quantitative estimate of drug-likeness (QED) is 0.411. The predicted octanol–water partition coefficient (Wildman–Crippen LogP) is -0.628. The molecule has 0 aliphatic heterocycles. The summed E-state index contributed by atoms with van der Waals surface area (Å²) in [4.78, 5) is 0. The molecule has 4 heteroatoms. The van der Waals surface area contributed by atoms with Crippen LogP contribution in [0.5, 0.6) is 0 Å². The molecule has 10 heavy (non-hydrogen) atoms. The van der Waals surface area contributed by atoms with E-state index in [9.17, 15) is 0 Å². The fraction of sp³-hybridized carbons (Fsp3) is 1.00. The third-order valence-electron chi connectivity index (χ3n) is 1.43. The lowest BCUT2D eigenvalue weighted by Crippen LogP contribution is -2.50. The van der Waals surface area contributed by atoms with Gasteiger partial charge in [-0.1, -0.05) is 0 Å². The van der Waals surface area contributed by atoms with Gasteiger partial charge in [0.05, 0.1) is 0 Å². The molecule has 0 aromatic heterocycles. The molecule has 0 saturated carbocycles. The molecule has 0 heterocycles. The van der Waals surface area contributed by atoms with E-state index < -0.39 is 0 Å². The number of rotatable bonds is 4. The van der Waals surface area contributed by atoms with Gasteiger partial charge in [-0.05, 0) is 14.0 Å². The summed E-state index contributed by atoms with van der Waals surface area (Å²) in [5, 5.41) is 1.82. The van der Waals surface area contributed by atoms with Gasteiger partial charge in [0, 0.05) is 20.2 Å². The number of nitrogens with zero attached hydrogens (tertiary/aromatic N) is 1. The lowest BCUT2D eigenvalue weighted by Gasteiger charge is -2.28. The van der Waals surface area contributed by atoms with E-state index in [-0.39, 0.29) is 12.3 Å². The van der Waals surface area contributed by atoms with Crippen molar-refractivity contribution in [2.75, 3.05) is 21.2 Å². The van der Waals surface area contributed by atoms with E-state index in [4.69, 9.17) is 10.5 Å². The van der Waals surface area contributed by atoms with Crippen LogP contribution in [-0.4, -0.2) is 38.5 Å². The van der Waals surface area contributed by atoms with E-state index >= 15 is 0 Å². The van der Waals surface area contributed by atoms with E-state index in [1.165, 1.54) is 0 Å². The van der Waals surface area contributed by atoms with Crippen molar-refractivity contribution in [3.63, 3.8) is 0 Å². The molecule has 0 amide bonds. The second kappa shape index (κ2) is 4.62. The lowest BCUT2D eigenvalue weighted by atomic mass is 10.3. The number of methoxy groups -OCH3 is 1. The lowest BCUT2D eigenvalue weighted by molar-refractivity contribution is -0.0530. The number of nitrogens with two attached hydrogens (primary N) is 1. The normalized spacial score (nSPS) is 17.4. The molecule has 0 radical (unpaired) electrons. The van der Waals surface area contributed by atoms with Gasteiger partial charge in [-0.25, -0.2) is 5.01 Å². The number of hydrogen-bond acceptors (Lipinski definition) is 4. The Labute approximate surface area is 62.3 Å². The van der Waals surface area contributed by atoms with Gasteiger partial charge in [-0.2, -0.15) is 0 Å². The minimum Gasteiger partial charge on any atom is -0.363 e. The molecule has 2 atom stereocenters. The first-order valence-electron chi connectivity index (χ1n) is 3.32. The molecule has 0 spiro atoms. The highest BCUT2D eigenvalue weighted by atomic mass is 16.5. The van der Waals surface area contributed by atoms with Crippen LogP contribution in [0.15, 0.2) is 0 Å². The second-order valence-corrected chi connectivity index (χ2v) is 2.32. The summed E-state index contributed by atoms with van der Waals surface area (Å²) in [6.45, 7) is 1.90. The molecule has 0 bridgehead atoms. The van der Waals surface area contributed by atoms with Crippen LogP contribution >= 0.6 is 0 Å². The molecule has 0 aliphatic rings. The summed E-state index contributed by atoms with van der Waals surface area (Å²) in [7, 11) is 5.35. The van der Waals surface area contributed by atoms with Crippen LogP contribution in [0.2, 0.25) is 0 Å². The fourth-order valence-electron chi connectivity index (χ4n) is 0.853. The van der Waals surface area contributed by atoms with Gasteiger partial charge >= 0.3 is 0 Å². The Bertz CT molecular complexity index is 87.1. The van der Waals surface area contributed by atoms with Gasteiger partial charge in [-0.3, -0.25) is 5.43 Å². The smallest absolute Gasteiger partial charge is 0.137 e. The number of likely N-dealkylation sites (N-methyl/N-ethyl adjacent to an activating group) is 1. The maximum atomic E-state index is 5.62. The Balaban J connectivity index is 3.80. The summed E-state index contributed by atoms with van der Waals surface area (Å²) in [6.07, 6.45) is -0.0648. The molecule has 0 aromatic carbocycles. The van der Waals surface area contributed by atoms with Gasteiger partial charge < -0.3 is 10.5 Å². The third-order valence-corrected chi connectivity index (χ3v) is 1.43. The van der Waals surface area contributed by atoms with Crippen LogP contribution in [0.1, 0.15) is 6.92 Å². The maximum absolute atomic E-state index is 5.62. The van der Waals surface area contributed by atoms with Crippen molar-refractivity contribution in [1.82, 2.24) is 10.4 Å². The third kappa shape index (κ3) is 2.62. The number of ether oxygens (including phenoxy) is 1. The Morgan fingerprint density at radius 2 is 2.10 bits per heavy atom. The van der Waals surface area contributed by atoms with Crippen LogP contribution in [-0.2, 0) is 4.74 Å². The molecule has 0 fully saturated rings. The van der Waals surface area contributed by atoms with Gasteiger partial charge in [0.25, 0.3) is 0 Å². The molecule has 0 aromatic rings. The van der Waals surface area contributed by atoms with Crippen molar-refractivity contribution < 1.29 is 4.74 Å². The predicted molar refractivity (Wildman–Crippen MR) is 41.3 cm³/mol. The van der Waals surface area contributed by atoms with Gasteiger partial charge in [0.1, 0.15) is 6.23 Å². The van der Waals surface area contributed by atoms with Crippen LogP contribution in [0.4, 0.5) is 0 Å². The van der Waals surface area contributed by atoms with E-state index in [1.807, 2.05) is 26.0 Å². The zero-order valence-electron chi connectivity index (χ0n) is 7.09. The zero-order valence-corrected chi connectivity index (χ0v) is 7.09. The van der Waals surface area contributed by atoms with Crippen LogP contribution in [0.25, 0.3) is 0 Å². The first-order valence-corrected chi connectivity index (χ1v) is 3.32. The molecule has 0 aliphatic carbocycles.